The average Bonchev–Trinajstić information content (AvgIpc) is 2.04. The Kier molecular flexibility index (Phi) is 5.61. The van der Waals surface area contributed by atoms with Gasteiger partial charge in [-0.1, -0.05) is 32.6 Å². The zero-order chi connectivity index (χ0) is 9.45. The molecule has 0 unspecified atom stereocenters. The normalized spacial score (nSPS) is 11.2. The summed E-state index contributed by atoms with van der Waals surface area (Å²) in [5, 5.41) is 8.00. The van der Waals surface area contributed by atoms with Gasteiger partial charge in [-0.05, 0) is 6.42 Å². The predicted octanol–water partition coefficient (Wildman–Crippen LogP) is 3.51. The molecule has 0 heterocycles. The molecule has 0 aromatic heterocycles. The van der Waals surface area contributed by atoms with E-state index in [4.69, 9.17) is 5.26 Å². The zero-order valence-corrected chi connectivity index (χ0v) is 7.45. The van der Waals surface area contributed by atoms with Crippen molar-refractivity contribution in [3.8, 4) is 6.07 Å². The van der Waals surface area contributed by atoms with Crippen LogP contribution in [0.4, 0.5) is 8.78 Å². The number of hydrogen-bond donors (Lipinski definition) is 0. The molecule has 3 heteroatoms. The molecule has 0 saturated heterocycles. The van der Waals surface area contributed by atoms with E-state index < -0.39 is 5.92 Å². The molecular weight excluding hydrogens is 160 g/mol. The second-order valence-corrected chi connectivity index (χ2v) is 2.98. The average molecular weight is 175 g/mol. The van der Waals surface area contributed by atoms with Crippen molar-refractivity contribution in [1.29, 1.82) is 5.26 Å². The molecule has 0 N–H and O–H groups in total. The molecule has 0 fully saturated rings. The smallest absolute Gasteiger partial charge is 0.192 e. The van der Waals surface area contributed by atoms with Crippen molar-refractivity contribution in [1.82, 2.24) is 0 Å². The number of halogens is 2. The summed E-state index contributed by atoms with van der Waals surface area (Å²) >= 11 is 0. The van der Waals surface area contributed by atoms with Crippen LogP contribution in [0.1, 0.15) is 45.4 Å². The molecule has 0 radical (unpaired) electrons. The lowest BCUT2D eigenvalue weighted by atomic mass is 10.1. The van der Waals surface area contributed by atoms with E-state index in [-0.39, 0.29) is 6.42 Å². The van der Waals surface area contributed by atoms with Crippen molar-refractivity contribution in [3.63, 3.8) is 0 Å². The van der Waals surface area contributed by atoms with Crippen molar-refractivity contribution in [2.45, 2.75) is 51.4 Å². The number of alkyl halides is 2. The molecule has 12 heavy (non-hydrogen) atoms. The maximum atomic E-state index is 12.3. The molecule has 0 atom stereocenters. The quantitative estimate of drug-likeness (QED) is 0.567. The Morgan fingerprint density at radius 3 is 2.25 bits per heavy atom. The summed E-state index contributed by atoms with van der Waals surface area (Å²) in [4.78, 5) is 0. The molecule has 0 rings (SSSR count). The number of rotatable bonds is 6. The molecule has 0 saturated carbocycles. The van der Waals surface area contributed by atoms with E-state index in [1.165, 1.54) is 0 Å². The van der Waals surface area contributed by atoms with Crippen LogP contribution in [-0.2, 0) is 0 Å². The second-order valence-electron chi connectivity index (χ2n) is 2.98. The van der Waals surface area contributed by atoms with E-state index in [1.54, 1.807) is 0 Å². The SMILES string of the molecule is CCCCCCCC(F)(F)C#N. The van der Waals surface area contributed by atoms with Gasteiger partial charge in [0.15, 0.2) is 0 Å². The van der Waals surface area contributed by atoms with Crippen molar-refractivity contribution in [2.24, 2.45) is 0 Å². The topological polar surface area (TPSA) is 23.8 Å². The molecule has 0 aliphatic heterocycles. The molecule has 0 aliphatic carbocycles. The molecule has 0 spiro atoms. The van der Waals surface area contributed by atoms with Crippen LogP contribution in [0.5, 0.6) is 0 Å². The van der Waals surface area contributed by atoms with Gasteiger partial charge in [-0.2, -0.15) is 14.0 Å². The fourth-order valence-electron chi connectivity index (χ4n) is 1.01. The number of hydrogen-bond acceptors (Lipinski definition) is 1. The van der Waals surface area contributed by atoms with Crippen molar-refractivity contribution in [3.05, 3.63) is 0 Å². The van der Waals surface area contributed by atoms with E-state index >= 15 is 0 Å². The van der Waals surface area contributed by atoms with Crippen LogP contribution in [0.15, 0.2) is 0 Å². The Bertz CT molecular complexity index is 149. The van der Waals surface area contributed by atoms with Gasteiger partial charge in [-0.15, -0.1) is 0 Å². The highest BCUT2D eigenvalue weighted by molar-refractivity contribution is 4.90. The predicted molar refractivity (Wildman–Crippen MR) is 43.9 cm³/mol. The van der Waals surface area contributed by atoms with Crippen molar-refractivity contribution < 1.29 is 8.78 Å². The lowest BCUT2D eigenvalue weighted by Gasteiger charge is -2.05. The standard InChI is InChI=1S/C9H15F2N/c1-2-3-4-5-6-7-9(10,11)8-12/h2-7H2,1H3. The van der Waals surface area contributed by atoms with Gasteiger partial charge in [0.1, 0.15) is 6.07 Å². The Labute approximate surface area is 72.4 Å². The molecule has 0 aromatic rings. The number of unbranched alkanes of at least 4 members (excludes halogenated alkanes) is 4. The summed E-state index contributed by atoms with van der Waals surface area (Å²) in [6, 6.07) is 0.999. The van der Waals surface area contributed by atoms with Crippen LogP contribution in [0.25, 0.3) is 0 Å². The second kappa shape index (κ2) is 5.93. The third-order valence-electron chi connectivity index (χ3n) is 1.76. The fraction of sp³-hybridized carbons (Fsp3) is 0.889. The Morgan fingerprint density at radius 1 is 1.17 bits per heavy atom. The zero-order valence-electron chi connectivity index (χ0n) is 7.45. The first kappa shape index (κ1) is 11.4. The maximum Gasteiger partial charge on any atom is 0.332 e. The van der Waals surface area contributed by atoms with E-state index in [1.807, 2.05) is 0 Å². The van der Waals surface area contributed by atoms with Crippen LogP contribution in [0.2, 0.25) is 0 Å². The summed E-state index contributed by atoms with van der Waals surface area (Å²) in [7, 11) is 0. The number of nitriles is 1. The lowest BCUT2D eigenvalue weighted by Crippen LogP contribution is -2.11. The molecule has 1 nitrogen and oxygen atoms in total. The third kappa shape index (κ3) is 6.09. The molecular formula is C9H15F2N. The first-order valence-corrected chi connectivity index (χ1v) is 4.41. The van der Waals surface area contributed by atoms with Gasteiger partial charge >= 0.3 is 5.92 Å². The van der Waals surface area contributed by atoms with Crippen molar-refractivity contribution in [2.75, 3.05) is 0 Å². The summed E-state index contributed by atoms with van der Waals surface area (Å²) in [6.45, 7) is 2.07. The van der Waals surface area contributed by atoms with Crippen LogP contribution in [-0.4, -0.2) is 5.92 Å². The van der Waals surface area contributed by atoms with E-state index in [0.29, 0.717) is 6.42 Å². The Balaban J connectivity index is 3.27. The summed E-state index contributed by atoms with van der Waals surface area (Å²) in [5.74, 6) is -3.10. The largest absolute Gasteiger partial charge is 0.332 e. The minimum Gasteiger partial charge on any atom is -0.192 e. The van der Waals surface area contributed by atoms with Crippen LogP contribution in [0.3, 0.4) is 0 Å². The van der Waals surface area contributed by atoms with Gasteiger partial charge in [0.25, 0.3) is 0 Å². The number of nitrogens with zero attached hydrogens (tertiary/aromatic N) is 1. The first-order chi connectivity index (χ1) is 5.62. The summed E-state index contributed by atoms with van der Waals surface area (Å²) < 4.78 is 24.6. The molecule has 0 aromatic carbocycles. The van der Waals surface area contributed by atoms with E-state index in [9.17, 15) is 8.78 Å². The highest BCUT2D eigenvalue weighted by atomic mass is 19.3. The summed E-state index contributed by atoms with van der Waals surface area (Å²) in [6.07, 6.45) is 4.18. The van der Waals surface area contributed by atoms with Crippen LogP contribution < -0.4 is 0 Å². The first-order valence-electron chi connectivity index (χ1n) is 4.41. The monoisotopic (exact) mass is 175 g/mol. The molecule has 0 amide bonds. The molecule has 0 aliphatic rings. The lowest BCUT2D eigenvalue weighted by molar-refractivity contribution is 0.0513. The van der Waals surface area contributed by atoms with Crippen LogP contribution >= 0.6 is 0 Å². The van der Waals surface area contributed by atoms with E-state index in [2.05, 4.69) is 6.92 Å². The minimum absolute atomic E-state index is 0.285. The van der Waals surface area contributed by atoms with Gasteiger partial charge in [0.2, 0.25) is 0 Å². The van der Waals surface area contributed by atoms with Gasteiger partial charge in [0.05, 0.1) is 0 Å². The Morgan fingerprint density at radius 2 is 1.75 bits per heavy atom. The third-order valence-corrected chi connectivity index (χ3v) is 1.76. The summed E-state index contributed by atoms with van der Waals surface area (Å²) in [5.41, 5.74) is 0. The van der Waals surface area contributed by atoms with Gasteiger partial charge in [-0.3, -0.25) is 0 Å². The highest BCUT2D eigenvalue weighted by Gasteiger charge is 2.26. The fourth-order valence-corrected chi connectivity index (χ4v) is 1.01. The van der Waals surface area contributed by atoms with Gasteiger partial charge in [-0.25, -0.2) is 0 Å². The van der Waals surface area contributed by atoms with Gasteiger partial charge in [0, 0.05) is 6.42 Å². The molecule has 0 bridgehead atoms. The van der Waals surface area contributed by atoms with Crippen molar-refractivity contribution >= 4 is 0 Å². The van der Waals surface area contributed by atoms with E-state index in [0.717, 1.165) is 31.8 Å². The highest BCUT2D eigenvalue weighted by Crippen LogP contribution is 2.20. The Hall–Kier alpha value is -0.650. The minimum atomic E-state index is -3.10. The maximum absolute atomic E-state index is 12.3. The van der Waals surface area contributed by atoms with Gasteiger partial charge < -0.3 is 0 Å². The molecule has 70 valence electrons. The van der Waals surface area contributed by atoms with Crippen LogP contribution in [0, 0.1) is 11.3 Å².